The van der Waals surface area contributed by atoms with E-state index in [9.17, 15) is 4.79 Å². The fourth-order valence-electron chi connectivity index (χ4n) is 3.88. The average Bonchev–Trinajstić information content (AvgIpc) is 3.33. The number of hydrogen-bond donors (Lipinski definition) is 0. The Morgan fingerprint density at radius 2 is 1.66 bits per heavy atom. The van der Waals surface area contributed by atoms with Crippen LogP contribution in [0.2, 0.25) is 0 Å². The van der Waals surface area contributed by atoms with E-state index in [2.05, 4.69) is 22.3 Å². The van der Waals surface area contributed by atoms with Crippen molar-refractivity contribution in [1.29, 1.82) is 0 Å². The number of ether oxygens (including phenoxy) is 1. The van der Waals surface area contributed by atoms with E-state index >= 15 is 0 Å². The molecule has 2 aromatic carbocycles. The molecule has 0 atom stereocenters. The molecular weight excluding hydrogens is 364 g/mol. The van der Waals surface area contributed by atoms with Crippen LogP contribution in [0.1, 0.15) is 35.2 Å². The number of aryl methyl sites for hydroxylation is 1. The lowest BCUT2D eigenvalue weighted by Gasteiger charge is -2.32. The van der Waals surface area contributed by atoms with Crippen molar-refractivity contribution >= 4 is 5.91 Å². The first-order chi connectivity index (χ1) is 14.2. The lowest BCUT2D eigenvalue weighted by atomic mass is 9.90. The zero-order valence-electron chi connectivity index (χ0n) is 16.7. The summed E-state index contributed by atoms with van der Waals surface area (Å²) in [6, 6.07) is 15.9. The molecule has 1 fully saturated rings. The third-order valence-corrected chi connectivity index (χ3v) is 5.73. The molecule has 1 aliphatic rings. The van der Waals surface area contributed by atoms with Crippen LogP contribution < -0.4 is 4.74 Å². The summed E-state index contributed by atoms with van der Waals surface area (Å²) in [5.74, 6) is 1.70. The van der Waals surface area contributed by atoms with Crippen molar-refractivity contribution in [1.82, 2.24) is 19.7 Å². The van der Waals surface area contributed by atoms with E-state index in [1.807, 2.05) is 45.9 Å². The van der Waals surface area contributed by atoms with Gasteiger partial charge in [-0.1, -0.05) is 12.1 Å². The number of benzene rings is 2. The van der Waals surface area contributed by atoms with Crippen molar-refractivity contribution in [3.8, 4) is 11.4 Å². The lowest BCUT2D eigenvalue weighted by Crippen LogP contribution is -2.38. The fourth-order valence-corrected chi connectivity index (χ4v) is 3.88. The molecule has 150 valence electrons. The number of carbonyl (C=O) groups excluding carboxylic acids is 1. The average molecular weight is 390 g/mol. The highest BCUT2D eigenvalue weighted by Gasteiger charge is 2.23. The monoisotopic (exact) mass is 390 g/mol. The van der Waals surface area contributed by atoms with Gasteiger partial charge in [-0.05, 0) is 73.6 Å². The Morgan fingerprint density at radius 3 is 2.28 bits per heavy atom. The molecule has 1 aromatic heterocycles. The van der Waals surface area contributed by atoms with Gasteiger partial charge in [0.2, 0.25) is 0 Å². The second-order valence-corrected chi connectivity index (χ2v) is 7.54. The predicted octanol–water partition coefficient (Wildman–Crippen LogP) is 3.76. The predicted molar refractivity (Wildman–Crippen MR) is 111 cm³/mol. The normalized spacial score (nSPS) is 14.7. The van der Waals surface area contributed by atoms with Gasteiger partial charge >= 0.3 is 0 Å². The quantitative estimate of drug-likeness (QED) is 0.643. The molecule has 1 amide bonds. The van der Waals surface area contributed by atoms with E-state index < -0.39 is 0 Å². The van der Waals surface area contributed by atoms with Gasteiger partial charge in [-0.2, -0.15) is 0 Å². The van der Waals surface area contributed by atoms with E-state index in [1.54, 1.807) is 19.8 Å². The second kappa shape index (κ2) is 8.90. The molecule has 0 bridgehead atoms. The van der Waals surface area contributed by atoms with Gasteiger partial charge in [-0.25, -0.2) is 0 Å². The van der Waals surface area contributed by atoms with Crippen LogP contribution in [0.15, 0.2) is 61.2 Å². The molecule has 0 unspecified atom stereocenters. The van der Waals surface area contributed by atoms with E-state index in [1.165, 1.54) is 12.0 Å². The molecule has 6 heteroatoms. The Hall–Kier alpha value is -3.15. The maximum atomic E-state index is 12.8. The molecule has 0 saturated carbocycles. The van der Waals surface area contributed by atoms with Crippen LogP contribution in [0.3, 0.4) is 0 Å². The largest absolute Gasteiger partial charge is 0.497 e. The smallest absolute Gasteiger partial charge is 0.253 e. The van der Waals surface area contributed by atoms with Crippen molar-refractivity contribution in [2.24, 2.45) is 5.92 Å². The summed E-state index contributed by atoms with van der Waals surface area (Å²) in [7, 11) is 1.69. The number of carbonyl (C=O) groups is 1. The highest BCUT2D eigenvalue weighted by atomic mass is 16.5. The third-order valence-electron chi connectivity index (χ3n) is 5.73. The number of aromatic nitrogens is 3. The summed E-state index contributed by atoms with van der Waals surface area (Å²) in [5.41, 5.74) is 3.03. The molecule has 1 saturated heterocycles. The van der Waals surface area contributed by atoms with Crippen LogP contribution in [0.25, 0.3) is 5.69 Å². The molecule has 3 aromatic rings. The van der Waals surface area contributed by atoms with Crippen molar-refractivity contribution in [3.05, 3.63) is 72.3 Å². The first kappa shape index (κ1) is 19.2. The Kier molecular flexibility index (Phi) is 5.89. The van der Waals surface area contributed by atoms with E-state index in [-0.39, 0.29) is 5.91 Å². The summed E-state index contributed by atoms with van der Waals surface area (Å²) < 4.78 is 7.04. The number of methoxy groups -OCH3 is 1. The van der Waals surface area contributed by atoms with Crippen LogP contribution in [-0.2, 0) is 6.42 Å². The summed E-state index contributed by atoms with van der Waals surface area (Å²) in [6.07, 6.45) is 7.68. The fraction of sp³-hybridized carbons (Fsp3) is 0.348. The summed E-state index contributed by atoms with van der Waals surface area (Å²) in [4.78, 5) is 14.8. The zero-order valence-corrected chi connectivity index (χ0v) is 16.7. The first-order valence-electron chi connectivity index (χ1n) is 10.1. The standard InChI is InChI=1S/C23H26N4O2/c1-29-22-10-4-18(5-11-22)2-3-19-12-14-26(15-13-19)23(28)20-6-8-21(9-7-20)27-16-24-25-17-27/h4-11,16-17,19H,2-3,12-15H2,1H3. The first-order valence-corrected chi connectivity index (χ1v) is 10.1. The second-order valence-electron chi connectivity index (χ2n) is 7.54. The Labute approximate surface area is 171 Å². The van der Waals surface area contributed by atoms with Crippen LogP contribution in [0, 0.1) is 5.92 Å². The summed E-state index contributed by atoms with van der Waals surface area (Å²) in [5, 5.41) is 7.62. The molecule has 0 radical (unpaired) electrons. The molecule has 0 N–H and O–H groups in total. The summed E-state index contributed by atoms with van der Waals surface area (Å²) >= 11 is 0. The van der Waals surface area contributed by atoms with Gasteiger partial charge in [0.1, 0.15) is 18.4 Å². The molecular formula is C23H26N4O2. The van der Waals surface area contributed by atoms with Gasteiger partial charge in [-0.15, -0.1) is 10.2 Å². The topological polar surface area (TPSA) is 60.2 Å². The highest BCUT2D eigenvalue weighted by molar-refractivity contribution is 5.94. The minimum Gasteiger partial charge on any atom is -0.497 e. The van der Waals surface area contributed by atoms with Crippen LogP contribution in [0.5, 0.6) is 5.75 Å². The van der Waals surface area contributed by atoms with Gasteiger partial charge in [-0.3, -0.25) is 9.36 Å². The lowest BCUT2D eigenvalue weighted by molar-refractivity contribution is 0.0687. The van der Waals surface area contributed by atoms with Gasteiger partial charge in [0.25, 0.3) is 5.91 Å². The number of likely N-dealkylation sites (tertiary alicyclic amines) is 1. The number of hydrogen-bond acceptors (Lipinski definition) is 4. The minimum atomic E-state index is 0.119. The van der Waals surface area contributed by atoms with E-state index in [0.29, 0.717) is 5.92 Å². The number of nitrogens with zero attached hydrogens (tertiary/aromatic N) is 4. The van der Waals surface area contributed by atoms with Gasteiger partial charge in [0.05, 0.1) is 7.11 Å². The number of rotatable bonds is 6. The Bertz CT molecular complexity index is 913. The van der Waals surface area contributed by atoms with Crippen LogP contribution in [0.4, 0.5) is 0 Å². The van der Waals surface area contributed by atoms with Crippen molar-refractivity contribution < 1.29 is 9.53 Å². The number of piperidine rings is 1. The molecule has 29 heavy (non-hydrogen) atoms. The van der Waals surface area contributed by atoms with E-state index in [4.69, 9.17) is 4.74 Å². The molecule has 2 heterocycles. The maximum Gasteiger partial charge on any atom is 0.253 e. The Morgan fingerprint density at radius 1 is 1.00 bits per heavy atom. The Balaban J connectivity index is 1.27. The minimum absolute atomic E-state index is 0.119. The highest BCUT2D eigenvalue weighted by Crippen LogP contribution is 2.24. The third kappa shape index (κ3) is 4.65. The van der Waals surface area contributed by atoms with Gasteiger partial charge < -0.3 is 9.64 Å². The van der Waals surface area contributed by atoms with Crippen molar-refractivity contribution in [2.75, 3.05) is 20.2 Å². The SMILES string of the molecule is COc1ccc(CCC2CCN(C(=O)c3ccc(-n4cnnc4)cc3)CC2)cc1. The molecule has 0 spiro atoms. The van der Waals surface area contributed by atoms with Crippen LogP contribution in [-0.4, -0.2) is 45.8 Å². The summed E-state index contributed by atoms with van der Waals surface area (Å²) in [6.45, 7) is 1.67. The van der Waals surface area contributed by atoms with Crippen molar-refractivity contribution in [2.45, 2.75) is 25.7 Å². The zero-order chi connectivity index (χ0) is 20.1. The van der Waals surface area contributed by atoms with Crippen LogP contribution >= 0.6 is 0 Å². The van der Waals surface area contributed by atoms with Gasteiger partial charge in [0.15, 0.2) is 0 Å². The van der Waals surface area contributed by atoms with Crippen molar-refractivity contribution in [3.63, 3.8) is 0 Å². The van der Waals surface area contributed by atoms with Gasteiger partial charge in [0, 0.05) is 24.3 Å². The maximum absolute atomic E-state index is 12.8. The molecule has 6 nitrogen and oxygen atoms in total. The molecule has 0 aliphatic carbocycles. The van der Waals surface area contributed by atoms with E-state index in [0.717, 1.165) is 49.4 Å². The molecule has 1 aliphatic heterocycles. The molecule has 4 rings (SSSR count). The number of amides is 1.